The van der Waals surface area contributed by atoms with Gasteiger partial charge in [-0.3, -0.25) is 9.13 Å². The van der Waals surface area contributed by atoms with Crippen LogP contribution < -0.4 is 5.32 Å². The first-order valence-electron chi connectivity index (χ1n) is 3.92. The Hall–Kier alpha value is -0.640. The molecule has 0 aromatic heterocycles. The van der Waals surface area contributed by atoms with Gasteiger partial charge in [0, 0.05) is 12.7 Å². The highest BCUT2D eigenvalue weighted by atomic mass is 31.2. The van der Waals surface area contributed by atoms with E-state index in [1.54, 1.807) is 0 Å². The highest BCUT2D eigenvalue weighted by molar-refractivity contribution is 7.46. The molecule has 6 nitrogen and oxygen atoms in total. The summed E-state index contributed by atoms with van der Waals surface area (Å²) in [4.78, 5) is 15.4. The summed E-state index contributed by atoms with van der Waals surface area (Å²) < 4.78 is 22.3. The summed E-state index contributed by atoms with van der Waals surface area (Å²) >= 11 is 0. The molecule has 0 fully saturated rings. The molecule has 0 radical (unpaired) electrons. The Bertz CT molecular complexity index is 306. The first-order valence-corrected chi connectivity index (χ1v) is 6.45. The molecule has 0 aliphatic rings. The third-order valence-corrected chi connectivity index (χ3v) is 2.63. The summed E-state index contributed by atoms with van der Waals surface area (Å²) in [5.74, 6) is 0. The van der Waals surface area contributed by atoms with E-state index < -0.39 is 16.5 Å². The van der Waals surface area contributed by atoms with E-state index in [1.807, 2.05) is 37.4 Å². The molecule has 1 aromatic carbocycles. The fraction of sp³-hybridized carbons (Fsp3) is 0.143. The van der Waals surface area contributed by atoms with Gasteiger partial charge >= 0.3 is 16.5 Å². The molecule has 0 aliphatic heterocycles. The van der Waals surface area contributed by atoms with Crippen molar-refractivity contribution < 1.29 is 23.2 Å². The summed E-state index contributed by atoms with van der Waals surface area (Å²) in [7, 11) is -4.49. The lowest BCUT2D eigenvalue weighted by Crippen LogP contribution is -1.84. The fourth-order valence-electron chi connectivity index (χ4n) is 0.680. The van der Waals surface area contributed by atoms with Gasteiger partial charge in [0.25, 0.3) is 0 Å². The van der Waals surface area contributed by atoms with Crippen LogP contribution in [0.15, 0.2) is 30.3 Å². The average Bonchev–Trinajstić information content (AvgIpc) is 2.18. The van der Waals surface area contributed by atoms with Crippen molar-refractivity contribution in [1.29, 1.82) is 0 Å². The maximum absolute atomic E-state index is 9.44. The third-order valence-electron chi connectivity index (χ3n) is 1.24. The largest absolute Gasteiger partial charge is 0.388 e. The Morgan fingerprint density at radius 1 is 1.13 bits per heavy atom. The van der Waals surface area contributed by atoms with Gasteiger partial charge in [0.15, 0.2) is 0 Å². The summed E-state index contributed by atoms with van der Waals surface area (Å²) in [6.45, 7) is 0. The molecule has 2 unspecified atom stereocenters. The molecular formula is C7H13NO5P2. The smallest absolute Gasteiger partial charge is 0.323 e. The topological polar surface area (TPSA) is 95.9 Å². The zero-order valence-corrected chi connectivity index (χ0v) is 10.0. The second-order valence-corrected chi connectivity index (χ2v) is 4.13. The highest BCUT2D eigenvalue weighted by Crippen LogP contribution is 2.30. The van der Waals surface area contributed by atoms with Crippen molar-refractivity contribution in [2.45, 2.75) is 0 Å². The minimum atomic E-state index is -3.20. The number of benzene rings is 1. The molecule has 1 rings (SSSR count). The first-order chi connectivity index (χ1) is 7.06. The van der Waals surface area contributed by atoms with Crippen LogP contribution in [0.1, 0.15) is 0 Å². The number of nitrogens with one attached hydrogen (secondary N) is 1. The maximum atomic E-state index is 9.44. The van der Waals surface area contributed by atoms with Crippen LogP contribution in [0, 0.1) is 0 Å². The van der Waals surface area contributed by atoms with Gasteiger partial charge in [0.1, 0.15) is 0 Å². The van der Waals surface area contributed by atoms with Gasteiger partial charge in [0.2, 0.25) is 0 Å². The molecule has 0 amide bonds. The minimum Gasteiger partial charge on any atom is -0.388 e. The van der Waals surface area contributed by atoms with Crippen molar-refractivity contribution in [3.8, 4) is 0 Å². The molecule has 0 aliphatic carbocycles. The fourth-order valence-corrected chi connectivity index (χ4v) is 1.28. The zero-order chi connectivity index (χ0) is 11.7. The molecule has 0 bridgehead atoms. The van der Waals surface area contributed by atoms with E-state index in [1.165, 1.54) is 0 Å². The van der Waals surface area contributed by atoms with Crippen molar-refractivity contribution in [2.75, 3.05) is 12.4 Å². The van der Waals surface area contributed by atoms with Crippen LogP contribution in [0.4, 0.5) is 5.69 Å². The Morgan fingerprint density at radius 2 is 1.60 bits per heavy atom. The SMILES string of the molecule is CNc1ccccc1.O=[PH](O)O[PH](=O)O. The number of rotatable bonds is 3. The lowest BCUT2D eigenvalue weighted by Gasteiger charge is -1.94. The van der Waals surface area contributed by atoms with Gasteiger partial charge in [-0.2, -0.15) is 0 Å². The molecule has 0 saturated heterocycles. The predicted octanol–water partition coefficient (Wildman–Crippen LogP) is 1.50. The Morgan fingerprint density at radius 3 is 1.80 bits per heavy atom. The molecule has 2 atom stereocenters. The third kappa shape index (κ3) is 9.66. The molecule has 15 heavy (non-hydrogen) atoms. The molecule has 8 heteroatoms. The minimum absolute atomic E-state index is 1.16. The predicted molar refractivity (Wildman–Crippen MR) is 59.5 cm³/mol. The number of para-hydroxylation sites is 1. The lowest BCUT2D eigenvalue weighted by atomic mass is 10.3. The zero-order valence-electron chi connectivity index (χ0n) is 8.01. The lowest BCUT2D eigenvalue weighted by molar-refractivity contribution is 0.371. The second kappa shape index (κ2) is 8.65. The number of anilines is 1. The van der Waals surface area contributed by atoms with Crippen LogP contribution in [-0.4, -0.2) is 16.8 Å². The average molecular weight is 253 g/mol. The molecular weight excluding hydrogens is 240 g/mol. The summed E-state index contributed by atoms with van der Waals surface area (Å²) in [5.41, 5.74) is 1.16. The first kappa shape index (κ1) is 14.4. The molecule has 0 spiro atoms. The van der Waals surface area contributed by atoms with E-state index in [0.29, 0.717) is 0 Å². The maximum Gasteiger partial charge on any atom is 0.323 e. The summed E-state index contributed by atoms with van der Waals surface area (Å²) in [5, 5.41) is 3.03. The van der Waals surface area contributed by atoms with Gasteiger partial charge in [-0.1, -0.05) is 18.2 Å². The van der Waals surface area contributed by atoms with Gasteiger partial charge in [-0.05, 0) is 12.1 Å². The van der Waals surface area contributed by atoms with Crippen LogP contribution >= 0.6 is 16.5 Å². The van der Waals surface area contributed by atoms with Crippen LogP contribution in [0.25, 0.3) is 0 Å². The van der Waals surface area contributed by atoms with E-state index in [4.69, 9.17) is 9.79 Å². The van der Waals surface area contributed by atoms with Crippen LogP contribution in [0.3, 0.4) is 0 Å². The van der Waals surface area contributed by atoms with Crippen molar-refractivity contribution in [3.05, 3.63) is 30.3 Å². The molecule has 3 N–H and O–H groups in total. The Kier molecular flexibility index (Phi) is 8.28. The highest BCUT2D eigenvalue weighted by Gasteiger charge is 1.93. The number of hydrogen-bond donors (Lipinski definition) is 3. The standard InChI is InChI=1S/C7H9N.H4O5P2/c1-8-7-5-3-2-4-6-7;1-6(2)5-7(3)4/h2-6,8H,1H3;6-7H,(H,1,2)(H,3,4). The van der Waals surface area contributed by atoms with E-state index in [2.05, 4.69) is 9.63 Å². The van der Waals surface area contributed by atoms with Crippen LogP contribution in [0.5, 0.6) is 0 Å². The van der Waals surface area contributed by atoms with E-state index >= 15 is 0 Å². The second-order valence-electron chi connectivity index (χ2n) is 2.25. The van der Waals surface area contributed by atoms with Crippen molar-refractivity contribution in [3.63, 3.8) is 0 Å². The molecule has 0 saturated carbocycles. The van der Waals surface area contributed by atoms with Crippen LogP contribution in [-0.2, 0) is 13.4 Å². The van der Waals surface area contributed by atoms with Gasteiger partial charge < -0.3 is 15.1 Å². The van der Waals surface area contributed by atoms with Crippen molar-refractivity contribution in [2.24, 2.45) is 0 Å². The number of hydrogen-bond acceptors (Lipinski definition) is 4. The van der Waals surface area contributed by atoms with E-state index in [9.17, 15) is 9.13 Å². The quantitative estimate of drug-likeness (QED) is 0.706. The molecule has 0 heterocycles. The molecule has 86 valence electrons. The summed E-state index contributed by atoms with van der Waals surface area (Å²) in [6, 6.07) is 10.1. The molecule has 1 aromatic rings. The van der Waals surface area contributed by atoms with Gasteiger partial charge in [-0.25, -0.2) is 4.31 Å². The van der Waals surface area contributed by atoms with Crippen molar-refractivity contribution in [1.82, 2.24) is 0 Å². The van der Waals surface area contributed by atoms with E-state index in [0.717, 1.165) is 5.69 Å². The van der Waals surface area contributed by atoms with Crippen LogP contribution in [0.2, 0.25) is 0 Å². The van der Waals surface area contributed by atoms with E-state index in [-0.39, 0.29) is 0 Å². The van der Waals surface area contributed by atoms with Crippen molar-refractivity contribution >= 4 is 22.2 Å². The Labute approximate surface area is 88.8 Å². The monoisotopic (exact) mass is 253 g/mol. The van der Waals surface area contributed by atoms with Gasteiger partial charge in [-0.15, -0.1) is 0 Å². The van der Waals surface area contributed by atoms with Gasteiger partial charge in [0.05, 0.1) is 0 Å². The Balaban J connectivity index is 0.000000265. The summed E-state index contributed by atoms with van der Waals surface area (Å²) in [6.07, 6.45) is 0. The normalized spacial score (nSPS) is 13.3.